The monoisotopic (exact) mass is 372 g/mol. The molecule has 1 aromatic heterocycles. The zero-order chi connectivity index (χ0) is 12.7. The van der Waals surface area contributed by atoms with Crippen LogP contribution in [0.15, 0.2) is 32.1 Å². The Kier molecular flexibility index (Phi) is 2.87. The molecular weight excluding hydrogens is 368 g/mol. The summed E-state index contributed by atoms with van der Waals surface area (Å²) in [6.45, 7) is 0.196. The topological polar surface area (TPSA) is 64.2 Å². The van der Waals surface area contributed by atoms with Gasteiger partial charge >= 0.3 is 0 Å². The van der Waals surface area contributed by atoms with Gasteiger partial charge in [0.25, 0.3) is 5.56 Å². The van der Waals surface area contributed by atoms with Gasteiger partial charge in [-0.05, 0) is 44.0 Å². The summed E-state index contributed by atoms with van der Waals surface area (Å²) >= 11 is 6.50. The van der Waals surface area contributed by atoms with Crippen molar-refractivity contribution in [3.05, 3.63) is 37.6 Å². The lowest BCUT2D eigenvalue weighted by Gasteiger charge is -2.04. The van der Waals surface area contributed by atoms with Gasteiger partial charge in [-0.1, -0.05) is 0 Å². The van der Waals surface area contributed by atoms with Gasteiger partial charge in [0, 0.05) is 11.8 Å². The predicted molar refractivity (Wildman–Crippen MR) is 71.8 cm³/mol. The number of fused-ring (bicyclic) bond motifs is 1. The molecule has 0 spiro atoms. The maximum atomic E-state index is 11.5. The number of hydrogen-bond acceptors (Lipinski definition) is 4. The van der Waals surface area contributed by atoms with Crippen molar-refractivity contribution >= 4 is 31.9 Å². The summed E-state index contributed by atoms with van der Waals surface area (Å²) in [6.07, 6.45) is 1.46. The molecule has 0 aliphatic carbocycles. The van der Waals surface area contributed by atoms with E-state index < -0.39 is 0 Å². The van der Waals surface area contributed by atoms with Crippen LogP contribution in [0.25, 0.3) is 11.4 Å². The number of halogens is 2. The smallest absolute Gasteiger partial charge is 0.265 e. The first kappa shape index (κ1) is 11.7. The number of benzene rings is 1. The Morgan fingerprint density at radius 1 is 1.22 bits per heavy atom. The molecule has 0 atom stereocenters. The van der Waals surface area contributed by atoms with Gasteiger partial charge in [-0.15, -0.1) is 0 Å². The minimum Gasteiger partial charge on any atom is -0.454 e. The molecule has 92 valence electrons. The molecule has 0 amide bonds. The number of hydrogen-bond donors (Lipinski definition) is 1. The SMILES string of the molecule is O=c1[nH]c(-c2cc(Br)c3c(c2)OCO3)ncc1Br. The average molecular weight is 374 g/mol. The second-order valence-corrected chi connectivity index (χ2v) is 5.31. The van der Waals surface area contributed by atoms with Crippen molar-refractivity contribution in [3.63, 3.8) is 0 Å². The van der Waals surface area contributed by atoms with E-state index >= 15 is 0 Å². The summed E-state index contributed by atoms with van der Waals surface area (Å²) in [7, 11) is 0. The zero-order valence-electron chi connectivity index (χ0n) is 8.87. The first-order chi connectivity index (χ1) is 8.65. The molecule has 1 aromatic carbocycles. The molecule has 1 N–H and O–H groups in total. The van der Waals surface area contributed by atoms with E-state index in [1.54, 1.807) is 6.07 Å². The van der Waals surface area contributed by atoms with Crippen molar-refractivity contribution in [2.24, 2.45) is 0 Å². The highest BCUT2D eigenvalue weighted by molar-refractivity contribution is 9.10. The Bertz CT molecular complexity index is 684. The molecule has 3 rings (SSSR count). The highest BCUT2D eigenvalue weighted by Gasteiger charge is 2.19. The maximum absolute atomic E-state index is 11.5. The van der Waals surface area contributed by atoms with Crippen molar-refractivity contribution in [1.29, 1.82) is 0 Å². The predicted octanol–water partition coefficient (Wildman–Crippen LogP) is 2.69. The molecule has 1 aliphatic heterocycles. The van der Waals surface area contributed by atoms with Gasteiger partial charge in [-0.3, -0.25) is 4.79 Å². The van der Waals surface area contributed by atoms with Gasteiger partial charge in [0.1, 0.15) is 10.3 Å². The molecule has 18 heavy (non-hydrogen) atoms. The number of rotatable bonds is 1. The number of aromatic amines is 1. The molecule has 0 radical (unpaired) electrons. The van der Waals surface area contributed by atoms with Gasteiger partial charge in [-0.25, -0.2) is 4.98 Å². The fourth-order valence-corrected chi connectivity index (χ4v) is 2.39. The number of H-pyrrole nitrogens is 1. The van der Waals surface area contributed by atoms with Crippen LogP contribution in [0.3, 0.4) is 0 Å². The Hall–Kier alpha value is -1.34. The third-order valence-electron chi connectivity index (χ3n) is 2.46. The highest BCUT2D eigenvalue weighted by Crippen LogP contribution is 2.41. The van der Waals surface area contributed by atoms with Crippen LogP contribution in [0.2, 0.25) is 0 Å². The molecule has 0 fully saturated rings. The fraction of sp³-hybridized carbons (Fsp3) is 0.0909. The van der Waals surface area contributed by atoms with Crippen LogP contribution < -0.4 is 15.0 Å². The molecule has 1 aliphatic rings. The average Bonchev–Trinajstić information content (AvgIpc) is 2.81. The van der Waals surface area contributed by atoms with E-state index in [0.717, 1.165) is 10.0 Å². The van der Waals surface area contributed by atoms with E-state index in [-0.39, 0.29) is 12.4 Å². The van der Waals surface area contributed by atoms with Crippen LogP contribution in [0.1, 0.15) is 0 Å². The molecular formula is C11H6Br2N2O3. The lowest BCUT2D eigenvalue weighted by atomic mass is 10.2. The van der Waals surface area contributed by atoms with Crippen LogP contribution in [-0.2, 0) is 0 Å². The van der Waals surface area contributed by atoms with Gasteiger partial charge in [0.05, 0.1) is 4.47 Å². The molecule has 0 bridgehead atoms. The van der Waals surface area contributed by atoms with Crippen molar-refractivity contribution < 1.29 is 9.47 Å². The fourth-order valence-electron chi connectivity index (χ4n) is 1.63. The first-order valence-corrected chi connectivity index (χ1v) is 6.58. The van der Waals surface area contributed by atoms with Gasteiger partial charge in [-0.2, -0.15) is 0 Å². The lowest BCUT2D eigenvalue weighted by molar-refractivity contribution is 0.173. The van der Waals surface area contributed by atoms with Crippen LogP contribution >= 0.6 is 31.9 Å². The number of aromatic nitrogens is 2. The quantitative estimate of drug-likeness (QED) is 0.834. The van der Waals surface area contributed by atoms with Crippen LogP contribution in [0, 0.1) is 0 Å². The third kappa shape index (κ3) is 1.93. The summed E-state index contributed by atoms with van der Waals surface area (Å²) in [6, 6.07) is 3.60. The third-order valence-corrected chi connectivity index (χ3v) is 3.61. The molecule has 0 saturated heterocycles. The van der Waals surface area contributed by atoms with E-state index in [9.17, 15) is 4.79 Å². The van der Waals surface area contributed by atoms with Crippen LogP contribution in [0.4, 0.5) is 0 Å². The Balaban J connectivity index is 2.15. The Morgan fingerprint density at radius 3 is 2.83 bits per heavy atom. The molecule has 0 unspecified atom stereocenters. The Morgan fingerprint density at radius 2 is 2.06 bits per heavy atom. The van der Waals surface area contributed by atoms with E-state index in [0.29, 0.717) is 21.8 Å². The second kappa shape index (κ2) is 4.40. The van der Waals surface area contributed by atoms with Crippen molar-refractivity contribution in [3.8, 4) is 22.9 Å². The van der Waals surface area contributed by atoms with E-state index in [1.807, 2.05) is 6.07 Å². The van der Waals surface area contributed by atoms with Crippen molar-refractivity contribution in [2.45, 2.75) is 0 Å². The zero-order valence-corrected chi connectivity index (χ0v) is 12.0. The molecule has 2 heterocycles. The number of nitrogens with one attached hydrogen (secondary N) is 1. The molecule has 2 aromatic rings. The van der Waals surface area contributed by atoms with Crippen molar-refractivity contribution in [2.75, 3.05) is 6.79 Å². The highest BCUT2D eigenvalue weighted by atomic mass is 79.9. The lowest BCUT2D eigenvalue weighted by Crippen LogP contribution is -2.08. The molecule has 7 heteroatoms. The molecule has 0 saturated carbocycles. The van der Waals surface area contributed by atoms with Crippen LogP contribution in [-0.4, -0.2) is 16.8 Å². The summed E-state index contributed by atoms with van der Waals surface area (Å²) < 4.78 is 11.8. The summed E-state index contributed by atoms with van der Waals surface area (Å²) in [5.41, 5.74) is 0.518. The van der Waals surface area contributed by atoms with Crippen LogP contribution in [0.5, 0.6) is 11.5 Å². The second-order valence-electron chi connectivity index (χ2n) is 3.60. The summed E-state index contributed by atoms with van der Waals surface area (Å²) in [4.78, 5) is 18.4. The summed E-state index contributed by atoms with van der Waals surface area (Å²) in [5.74, 6) is 1.77. The van der Waals surface area contributed by atoms with E-state index in [4.69, 9.17) is 9.47 Å². The van der Waals surface area contributed by atoms with Gasteiger partial charge in [0.2, 0.25) is 6.79 Å². The standard InChI is InChI=1S/C11H6Br2N2O3/c12-6-1-5(2-8-9(6)18-4-17-8)10-14-3-7(13)11(16)15-10/h1-3H,4H2,(H,14,15,16). The van der Waals surface area contributed by atoms with E-state index in [2.05, 4.69) is 41.8 Å². The first-order valence-electron chi connectivity index (χ1n) is 4.99. The van der Waals surface area contributed by atoms with Crippen molar-refractivity contribution in [1.82, 2.24) is 9.97 Å². The minimum absolute atomic E-state index is 0.196. The van der Waals surface area contributed by atoms with Gasteiger partial charge in [0.15, 0.2) is 11.5 Å². The summed E-state index contributed by atoms with van der Waals surface area (Å²) in [5, 5.41) is 0. The largest absolute Gasteiger partial charge is 0.454 e. The molecule has 5 nitrogen and oxygen atoms in total. The van der Waals surface area contributed by atoms with Gasteiger partial charge < -0.3 is 14.5 Å². The normalized spacial score (nSPS) is 12.8. The maximum Gasteiger partial charge on any atom is 0.265 e. The van der Waals surface area contributed by atoms with E-state index in [1.165, 1.54) is 6.20 Å². The number of ether oxygens (including phenoxy) is 2. The Labute approximate surface area is 118 Å². The minimum atomic E-state index is -0.228. The number of nitrogens with zero attached hydrogens (tertiary/aromatic N) is 1.